The predicted octanol–water partition coefficient (Wildman–Crippen LogP) is 1.67. The molecule has 114 valence electrons. The zero-order valence-electron chi connectivity index (χ0n) is 11.6. The zero-order chi connectivity index (χ0) is 15.0. The second-order valence-corrected chi connectivity index (χ2v) is 7.57. The number of nitrogens with one attached hydrogen (secondary N) is 1. The van der Waals surface area contributed by atoms with Crippen LogP contribution in [0.5, 0.6) is 5.75 Å². The fourth-order valence-electron chi connectivity index (χ4n) is 2.61. The van der Waals surface area contributed by atoms with Crippen LogP contribution >= 0.6 is 0 Å². The van der Waals surface area contributed by atoms with Crippen LogP contribution in [-0.4, -0.2) is 31.7 Å². The molecule has 0 spiro atoms. The number of aromatic hydroxyl groups is 1. The van der Waals surface area contributed by atoms with Crippen molar-refractivity contribution in [3.63, 3.8) is 0 Å². The molecule has 2 N–H and O–H groups in total. The Morgan fingerprint density at radius 2 is 2.05 bits per heavy atom. The van der Waals surface area contributed by atoms with Gasteiger partial charge in [-0.25, -0.2) is 8.42 Å². The highest BCUT2D eigenvalue weighted by Gasteiger charge is 2.29. The summed E-state index contributed by atoms with van der Waals surface area (Å²) in [5.74, 6) is -0.0259. The molecule has 1 aliphatic carbocycles. The lowest BCUT2D eigenvalue weighted by molar-refractivity contribution is -0.122. The van der Waals surface area contributed by atoms with Crippen molar-refractivity contribution in [2.24, 2.45) is 5.92 Å². The van der Waals surface area contributed by atoms with Crippen LogP contribution in [0.15, 0.2) is 18.2 Å². The monoisotopic (exact) mass is 310 g/mol. The van der Waals surface area contributed by atoms with Crippen molar-refractivity contribution in [3.05, 3.63) is 18.2 Å². The number of sulfonamides is 1. The summed E-state index contributed by atoms with van der Waals surface area (Å²) in [5.41, 5.74) is 0.751. The minimum Gasteiger partial charge on any atom is -0.506 e. The highest BCUT2D eigenvalue weighted by Crippen LogP contribution is 2.34. The molecule has 1 saturated heterocycles. The van der Waals surface area contributed by atoms with Gasteiger partial charge in [0.2, 0.25) is 15.9 Å². The van der Waals surface area contributed by atoms with Gasteiger partial charge in [0.25, 0.3) is 0 Å². The Bertz CT molecular complexity index is 668. The Labute approximate surface area is 123 Å². The second-order valence-electron chi connectivity index (χ2n) is 5.56. The molecule has 0 aromatic heterocycles. The Balaban J connectivity index is 1.84. The fraction of sp³-hybridized carbons (Fsp3) is 0.500. The zero-order valence-corrected chi connectivity index (χ0v) is 12.4. The first-order chi connectivity index (χ1) is 9.97. The fourth-order valence-corrected chi connectivity index (χ4v) is 4.17. The number of hydrogen-bond acceptors (Lipinski definition) is 4. The standard InChI is InChI=1S/C14H18N2O4S/c17-13-6-5-11(16-7-2-8-21(16,19)20)9-12(13)15-14(18)10-3-1-4-10/h5-6,9-10,17H,1-4,7-8H2,(H,15,18). The van der Waals surface area contributed by atoms with Gasteiger partial charge in [0, 0.05) is 12.5 Å². The first-order valence-corrected chi connectivity index (χ1v) is 8.72. The van der Waals surface area contributed by atoms with Crippen LogP contribution in [0.25, 0.3) is 0 Å². The topological polar surface area (TPSA) is 86.7 Å². The Kier molecular flexibility index (Phi) is 3.52. The van der Waals surface area contributed by atoms with Gasteiger partial charge in [0.15, 0.2) is 0 Å². The Hall–Kier alpha value is -1.76. The lowest BCUT2D eigenvalue weighted by Crippen LogP contribution is -2.28. The molecule has 2 fully saturated rings. The maximum Gasteiger partial charge on any atom is 0.235 e. The molecular weight excluding hydrogens is 292 g/mol. The smallest absolute Gasteiger partial charge is 0.235 e. The Morgan fingerprint density at radius 3 is 2.62 bits per heavy atom. The summed E-state index contributed by atoms with van der Waals surface area (Å²) in [4.78, 5) is 12.0. The average Bonchev–Trinajstić information content (AvgIpc) is 2.69. The number of hydrogen-bond donors (Lipinski definition) is 2. The number of phenols is 1. The molecule has 21 heavy (non-hydrogen) atoms. The largest absolute Gasteiger partial charge is 0.506 e. The van der Waals surface area contributed by atoms with Crippen LogP contribution in [0.3, 0.4) is 0 Å². The third kappa shape index (κ3) is 2.70. The molecule has 0 radical (unpaired) electrons. The van der Waals surface area contributed by atoms with Gasteiger partial charge >= 0.3 is 0 Å². The molecule has 1 aliphatic heterocycles. The quantitative estimate of drug-likeness (QED) is 0.831. The van der Waals surface area contributed by atoms with E-state index >= 15 is 0 Å². The van der Waals surface area contributed by atoms with E-state index in [0.717, 1.165) is 19.3 Å². The predicted molar refractivity (Wildman–Crippen MR) is 79.8 cm³/mol. The van der Waals surface area contributed by atoms with E-state index in [-0.39, 0.29) is 29.0 Å². The van der Waals surface area contributed by atoms with Crippen LogP contribution < -0.4 is 9.62 Å². The molecule has 6 nitrogen and oxygen atoms in total. The van der Waals surface area contributed by atoms with E-state index in [1.165, 1.54) is 16.4 Å². The van der Waals surface area contributed by atoms with Crippen molar-refractivity contribution < 1.29 is 18.3 Å². The van der Waals surface area contributed by atoms with Gasteiger partial charge in [0.1, 0.15) is 5.75 Å². The molecule has 3 rings (SSSR count). The molecule has 7 heteroatoms. The first kappa shape index (κ1) is 14.2. The Morgan fingerprint density at radius 1 is 1.29 bits per heavy atom. The van der Waals surface area contributed by atoms with Crippen LogP contribution in [0.1, 0.15) is 25.7 Å². The lowest BCUT2D eigenvalue weighted by Gasteiger charge is -2.24. The normalized spacial score (nSPS) is 21.0. The van der Waals surface area contributed by atoms with Crippen molar-refractivity contribution in [2.75, 3.05) is 21.9 Å². The maximum atomic E-state index is 12.0. The summed E-state index contributed by atoms with van der Waals surface area (Å²) < 4.78 is 25.2. The SMILES string of the molecule is O=C(Nc1cc(N2CCCS2(=O)=O)ccc1O)C1CCC1. The molecule has 0 atom stereocenters. The number of anilines is 2. The van der Waals surface area contributed by atoms with Gasteiger partial charge in [-0.15, -0.1) is 0 Å². The number of benzene rings is 1. The molecule has 2 aliphatic rings. The van der Waals surface area contributed by atoms with Gasteiger partial charge in [0.05, 0.1) is 17.1 Å². The summed E-state index contributed by atoms with van der Waals surface area (Å²) in [6.45, 7) is 0.434. The molecule has 0 unspecified atom stereocenters. The highest BCUT2D eigenvalue weighted by atomic mass is 32.2. The molecule has 1 aromatic rings. The summed E-state index contributed by atoms with van der Waals surface area (Å²) in [7, 11) is -3.27. The number of carbonyl (C=O) groups is 1. The van der Waals surface area contributed by atoms with Crippen LogP contribution in [0.2, 0.25) is 0 Å². The lowest BCUT2D eigenvalue weighted by atomic mass is 9.85. The summed E-state index contributed by atoms with van der Waals surface area (Å²) in [6.07, 6.45) is 3.38. The van der Waals surface area contributed by atoms with Crippen molar-refractivity contribution in [3.8, 4) is 5.75 Å². The van der Waals surface area contributed by atoms with Crippen molar-refractivity contribution in [1.82, 2.24) is 0 Å². The van der Waals surface area contributed by atoms with Gasteiger partial charge in [-0.1, -0.05) is 6.42 Å². The van der Waals surface area contributed by atoms with E-state index in [0.29, 0.717) is 18.7 Å². The van der Waals surface area contributed by atoms with Crippen LogP contribution in [0, 0.1) is 5.92 Å². The van der Waals surface area contributed by atoms with Crippen molar-refractivity contribution in [1.29, 1.82) is 0 Å². The number of rotatable bonds is 3. The van der Waals surface area contributed by atoms with Crippen LogP contribution in [0.4, 0.5) is 11.4 Å². The molecule has 1 saturated carbocycles. The van der Waals surface area contributed by atoms with E-state index < -0.39 is 10.0 Å². The van der Waals surface area contributed by atoms with Gasteiger partial charge in [-0.3, -0.25) is 9.10 Å². The average molecular weight is 310 g/mol. The van der Waals surface area contributed by atoms with E-state index in [1.54, 1.807) is 6.07 Å². The molecule has 0 bridgehead atoms. The number of carbonyl (C=O) groups excluding carboxylic acids is 1. The summed E-state index contributed by atoms with van der Waals surface area (Å²) in [5, 5.41) is 12.5. The van der Waals surface area contributed by atoms with Gasteiger partial charge in [-0.2, -0.15) is 0 Å². The highest BCUT2D eigenvalue weighted by molar-refractivity contribution is 7.93. The van der Waals surface area contributed by atoms with E-state index in [4.69, 9.17) is 0 Å². The van der Waals surface area contributed by atoms with E-state index in [2.05, 4.69) is 5.32 Å². The second kappa shape index (κ2) is 5.22. The van der Waals surface area contributed by atoms with E-state index in [9.17, 15) is 18.3 Å². The third-order valence-electron chi connectivity index (χ3n) is 4.10. The molecule has 1 amide bonds. The first-order valence-electron chi connectivity index (χ1n) is 7.12. The maximum absolute atomic E-state index is 12.0. The van der Waals surface area contributed by atoms with E-state index in [1.807, 2.05) is 0 Å². The van der Waals surface area contributed by atoms with Gasteiger partial charge in [-0.05, 0) is 37.5 Å². The molecule has 1 heterocycles. The van der Waals surface area contributed by atoms with Crippen LogP contribution in [-0.2, 0) is 14.8 Å². The van der Waals surface area contributed by atoms with Crippen molar-refractivity contribution >= 4 is 27.3 Å². The molecule has 1 aromatic carbocycles. The van der Waals surface area contributed by atoms with Crippen molar-refractivity contribution in [2.45, 2.75) is 25.7 Å². The molecular formula is C14H18N2O4S. The summed E-state index contributed by atoms with van der Waals surface area (Å²) in [6, 6.07) is 4.49. The minimum atomic E-state index is -3.27. The number of nitrogens with zero attached hydrogens (tertiary/aromatic N) is 1. The van der Waals surface area contributed by atoms with Gasteiger partial charge < -0.3 is 10.4 Å². The number of phenolic OH excluding ortho intramolecular Hbond substituents is 1. The minimum absolute atomic E-state index is 0.00331. The summed E-state index contributed by atoms with van der Waals surface area (Å²) >= 11 is 0. The number of amides is 1. The third-order valence-corrected chi connectivity index (χ3v) is 5.97.